The zero-order chi connectivity index (χ0) is 28.7. The molecule has 0 aliphatic heterocycles. The van der Waals surface area contributed by atoms with Gasteiger partial charge in [-0.15, -0.1) is 0 Å². The highest BCUT2D eigenvalue weighted by Gasteiger charge is 2.38. The molecule has 2 aromatic heterocycles. The van der Waals surface area contributed by atoms with E-state index in [1.807, 2.05) is 36.4 Å². The first-order valence-corrected chi connectivity index (χ1v) is 11.5. The summed E-state index contributed by atoms with van der Waals surface area (Å²) < 4.78 is 49.0. The van der Waals surface area contributed by atoms with Crippen molar-refractivity contribution in [3.63, 3.8) is 0 Å². The Morgan fingerprint density at radius 3 is 2.18 bits per heavy atom. The lowest BCUT2D eigenvalue weighted by Crippen LogP contribution is -2.44. The molecule has 0 bridgehead atoms. The van der Waals surface area contributed by atoms with Crippen LogP contribution in [0.25, 0.3) is 11.1 Å². The van der Waals surface area contributed by atoms with Gasteiger partial charge in [-0.2, -0.15) is 13.2 Å². The Hall–Kier alpha value is -4.58. The molecule has 0 aliphatic rings. The third kappa shape index (κ3) is 7.05. The Labute approximate surface area is 219 Å². The first-order valence-electron chi connectivity index (χ1n) is 11.5. The molecule has 0 saturated heterocycles. The number of nitrogens with two attached hydrogens (primary N) is 1. The van der Waals surface area contributed by atoms with Crippen molar-refractivity contribution in [1.82, 2.24) is 14.1 Å². The van der Waals surface area contributed by atoms with Crippen molar-refractivity contribution in [3.05, 3.63) is 123 Å². The molecule has 2 aromatic carbocycles. The van der Waals surface area contributed by atoms with Crippen molar-refractivity contribution >= 4 is 5.97 Å². The molecule has 0 aliphatic carbocycles. The number of alkyl halides is 3. The highest BCUT2D eigenvalue weighted by Crippen LogP contribution is 2.23. The van der Waals surface area contributed by atoms with E-state index in [1.165, 1.54) is 10.6 Å². The van der Waals surface area contributed by atoms with Gasteiger partial charge in [0.1, 0.15) is 5.82 Å². The van der Waals surface area contributed by atoms with Gasteiger partial charge in [-0.05, 0) is 30.2 Å². The lowest BCUT2D eigenvalue weighted by Gasteiger charge is -2.20. The van der Waals surface area contributed by atoms with Crippen LogP contribution in [0.4, 0.5) is 17.6 Å². The van der Waals surface area contributed by atoms with Gasteiger partial charge in [-0.3, -0.25) is 18.9 Å². The molecule has 2 heterocycles. The summed E-state index contributed by atoms with van der Waals surface area (Å²) in [4.78, 5) is 39.9. The highest BCUT2D eigenvalue weighted by atomic mass is 19.4. The number of aromatic nitrogens is 3. The molecule has 4 rings (SSSR count). The van der Waals surface area contributed by atoms with Crippen LogP contribution in [0.3, 0.4) is 0 Å². The summed E-state index contributed by atoms with van der Waals surface area (Å²) in [7, 11) is 0. The zero-order valence-electron chi connectivity index (χ0n) is 20.6. The SMILES string of the molecule is Cc1c(-c2ccccc2F)c(=O)n(C[C@H](N)c2ccccc2)c(=O)n1Cc1cccnc1.O=C(O)C(F)(F)F. The fraction of sp³-hybridized carbons (Fsp3) is 0.185. The maximum Gasteiger partial charge on any atom is 0.490 e. The highest BCUT2D eigenvalue weighted by molar-refractivity contribution is 5.73. The predicted octanol–water partition coefficient (Wildman–Crippen LogP) is 3.90. The molecule has 39 heavy (non-hydrogen) atoms. The van der Waals surface area contributed by atoms with Gasteiger partial charge in [-0.25, -0.2) is 14.0 Å². The molecule has 0 radical (unpaired) electrons. The number of pyridine rings is 1. The van der Waals surface area contributed by atoms with Gasteiger partial charge < -0.3 is 10.8 Å². The standard InChI is InChI=1S/C25H23FN4O2.C2HF3O2/c1-17-23(20-11-5-6-12-21(20)26)24(31)30(16-22(27)19-9-3-2-4-10-19)25(32)29(17)15-18-8-7-13-28-14-18;3-2(4,5)1(6)7/h2-14,22H,15-16,27H2,1H3;(H,6,7)/t22-;/m0./s1. The second kappa shape index (κ2) is 12.3. The molecule has 8 nitrogen and oxygen atoms in total. The second-order valence-corrected chi connectivity index (χ2v) is 8.41. The molecule has 0 fully saturated rings. The molecule has 0 saturated carbocycles. The first-order chi connectivity index (χ1) is 18.4. The number of benzene rings is 2. The number of aliphatic carboxylic acids is 1. The summed E-state index contributed by atoms with van der Waals surface area (Å²) in [5.41, 5.74) is 7.54. The van der Waals surface area contributed by atoms with Crippen LogP contribution in [0.1, 0.15) is 22.9 Å². The van der Waals surface area contributed by atoms with E-state index in [4.69, 9.17) is 15.6 Å². The third-order valence-corrected chi connectivity index (χ3v) is 5.74. The van der Waals surface area contributed by atoms with Crippen LogP contribution < -0.4 is 17.0 Å². The van der Waals surface area contributed by atoms with Gasteiger partial charge in [0.2, 0.25) is 0 Å². The Balaban J connectivity index is 0.000000532. The molecular formula is C27H24F4N4O4. The molecule has 204 valence electrons. The van der Waals surface area contributed by atoms with Gasteiger partial charge >= 0.3 is 17.8 Å². The number of carbonyl (C=O) groups is 1. The van der Waals surface area contributed by atoms with E-state index in [1.54, 1.807) is 43.6 Å². The van der Waals surface area contributed by atoms with E-state index >= 15 is 0 Å². The first kappa shape index (κ1) is 29.0. The maximum absolute atomic E-state index is 14.7. The van der Waals surface area contributed by atoms with Gasteiger partial charge in [-0.1, -0.05) is 54.6 Å². The van der Waals surface area contributed by atoms with E-state index < -0.39 is 35.3 Å². The summed E-state index contributed by atoms with van der Waals surface area (Å²) in [6.07, 6.45) is -1.79. The predicted molar refractivity (Wildman–Crippen MR) is 135 cm³/mol. The van der Waals surface area contributed by atoms with E-state index in [0.717, 1.165) is 15.7 Å². The average Bonchev–Trinajstić information content (AvgIpc) is 2.91. The summed E-state index contributed by atoms with van der Waals surface area (Å²) in [5.74, 6) is -3.29. The van der Waals surface area contributed by atoms with Crippen LogP contribution in [0.5, 0.6) is 0 Å². The van der Waals surface area contributed by atoms with Crippen LogP contribution in [0.2, 0.25) is 0 Å². The number of halogens is 4. The largest absolute Gasteiger partial charge is 0.490 e. The minimum Gasteiger partial charge on any atom is -0.475 e. The number of hydrogen-bond acceptors (Lipinski definition) is 5. The van der Waals surface area contributed by atoms with E-state index in [9.17, 15) is 27.2 Å². The molecule has 0 spiro atoms. The molecule has 1 atom stereocenters. The zero-order valence-corrected chi connectivity index (χ0v) is 20.6. The monoisotopic (exact) mass is 544 g/mol. The molecule has 0 amide bonds. The molecule has 12 heteroatoms. The van der Waals surface area contributed by atoms with Crippen LogP contribution in [-0.4, -0.2) is 31.4 Å². The average molecular weight is 545 g/mol. The molecule has 0 unspecified atom stereocenters. The number of hydrogen-bond donors (Lipinski definition) is 2. The number of carboxylic acid groups (broad SMARTS) is 1. The van der Waals surface area contributed by atoms with E-state index in [-0.39, 0.29) is 24.2 Å². The van der Waals surface area contributed by atoms with Gasteiger partial charge in [0, 0.05) is 29.7 Å². The number of rotatable bonds is 6. The summed E-state index contributed by atoms with van der Waals surface area (Å²) >= 11 is 0. The van der Waals surface area contributed by atoms with Gasteiger partial charge in [0.25, 0.3) is 5.56 Å². The Morgan fingerprint density at radius 1 is 1.00 bits per heavy atom. The molecular weight excluding hydrogens is 520 g/mol. The van der Waals surface area contributed by atoms with Crippen LogP contribution in [-0.2, 0) is 17.9 Å². The second-order valence-electron chi connectivity index (χ2n) is 8.41. The normalized spacial score (nSPS) is 11.8. The van der Waals surface area contributed by atoms with Crippen LogP contribution in [0, 0.1) is 12.7 Å². The van der Waals surface area contributed by atoms with E-state index in [2.05, 4.69) is 4.98 Å². The Bertz CT molecular complexity index is 1550. The van der Waals surface area contributed by atoms with Crippen molar-refractivity contribution in [2.24, 2.45) is 5.73 Å². The summed E-state index contributed by atoms with van der Waals surface area (Å²) in [6, 6.07) is 18.3. The quantitative estimate of drug-likeness (QED) is 0.356. The van der Waals surface area contributed by atoms with Crippen molar-refractivity contribution in [2.75, 3.05) is 0 Å². The topological polar surface area (TPSA) is 120 Å². The van der Waals surface area contributed by atoms with Crippen molar-refractivity contribution in [1.29, 1.82) is 0 Å². The summed E-state index contributed by atoms with van der Waals surface area (Å²) in [5, 5.41) is 7.12. The smallest absolute Gasteiger partial charge is 0.475 e. The van der Waals surface area contributed by atoms with Gasteiger partial charge in [0.15, 0.2) is 0 Å². The van der Waals surface area contributed by atoms with Crippen LogP contribution >= 0.6 is 0 Å². The molecule has 3 N–H and O–H groups in total. The summed E-state index contributed by atoms with van der Waals surface area (Å²) in [6.45, 7) is 1.82. The van der Waals surface area contributed by atoms with Crippen molar-refractivity contribution in [2.45, 2.75) is 32.2 Å². The fourth-order valence-electron chi connectivity index (χ4n) is 3.80. The minimum absolute atomic E-state index is 0.0313. The maximum atomic E-state index is 14.7. The lowest BCUT2D eigenvalue weighted by molar-refractivity contribution is -0.192. The van der Waals surface area contributed by atoms with Gasteiger partial charge in [0.05, 0.1) is 18.7 Å². The minimum atomic E-state index is -5.08. The number of carboxylic acids is 1. The Kier molecular flexibility index (Phi) is 9.15. The molecule has 4 aromatic rings. The van der Waals surface area contributed by atoms with Crippen LogP contribution in [0.15, 0.2) is 88.7 Å². The lowest BCUT2D eigenvalue weighted by atomic mass is 10.0. The van der Waals surface area contributed by atoms with Crippen molar-refractivity contribution < 1.29 is 27.5 Å². The number of nitrogens with zero attached hydrogens (tertiary/aromatic N) is 3. The Morgan fingerprint density at radius 2 is 1.62 bits per heavy atom. The fourth-order valence-corrected chi connectivity index (χ4v) is 3.80. The van der Waals surface area contributed by atoms with E-state index in [0.29, 0.717) is 5.69 Å². The van der Waals surface area contributed by atoms with Crippen molar-refractivity contribution in [3.8, 4) is 11.1 Å². The third-order valence-electron chi connectivity index (χ3n) is 5.74.